The Kier molecular flexibility index (Phi) is 26.0. The number of halogens is 8. The second-order valence-electron chi connectivity index (χ2n) is 30.8. The molecule has 12 aromatic heterocycles. The Balaban J connectivity index is 0.000000132. The van der Waals surface area contributed by atoms with Gasteiger partial charge in [-0.25, -0.2) is 47.5 Å². The molecule has 9 aliphatic rings. The van der Waals surface area contributed by atoms with Gasteiger partial charge in [0.2, 0.25) is 30.3 Å². The number of nitrogen functional groups attached to an aromatic ring is 6. The van der Waals surface area contributed by atoms with Crippen molar-refractivity contribution < 1.29 is 147 Å². The number of nitrogens with two attached hydrogens (primary N) is 6. The number of pyridine rings is 3. The molecule has 9 fully saturated rings. The summed E-state index contributed by atoms with van der Waals surface area (Å²) in [5.41, 5.74) is 32.4. The number of nitrogens with zero attached hydrogens (tertiary/aromatic N) is 19. The molecule has 137 heavy (non-hydrogen) atoms. The maximum absolute atomic E-state index is 16.0. The van der Waals surface area contributed by atoms with Crippen molar-refractivity contribution in [1.29, 1.82) is 0 Å². The van der Waals surface area contributed by atoms with Gasteiger partial charge in [0, 0.05) is 35.9 Å². The number of anilines is 6. The summed E-state index contributed by atoms with van der Waals surface area (Å²) in [7, 11) is 0. The molecule has 9 saturated heterocycles. The van der Waals surface area contributed by atoms with Crippen LogP contribution in [0.4, 0.5) is 70.0 Å². The SMILES string of the molecule is Nc1nc2c(ncn2[C@@H]2O[C@@H]3COP(O)(=S)O[C@@H]4[C@@H](COP(O)(=S)O[C@@H]2[C@@H]3F)O[C@@H](n2nnc3c(N)ccnc32)C4(F)F)c(=O)[nH]1.Nc1nc2c(ncn2[C@@H]2O[C@@H]3COP(O)(=S)O[C@@H]4[C@@H](COP(O)(=S)O[C@@H]2[C@@H]3F)O[C@@H](n2nnc3c(N)ccnc32)C4(F)F)c(=O)[nH]1.Nc1nc2c(ncn2[C@@H]2O[C@@H]3COP(O)(=S)O[C@H]4[C@H](F)[C@H](n5ccc6c(N)ccnc65)O[C@@H]4COP(O)(=S)O[C@@H]2[C@@H]3F)c(=O)[nH]1. The molecular weight excluding hydrogens is 2100 g/mol. The Morgan fingerprint density at radius 2 is 0.679 bits per heavy atom. The summed E-state index contributed by atoms with van der Waals surface area (Å²) >= 11 is 30.5. The van der Waals surface area contributed by atoms with E-state index in [1.807, 2.05) is 0 Å². The smallest absolute Gasteiger partial charge is 0.325 e. The van der Waals surface area contributed by atoms with Gasteiger partial charge in [-0.2, -0.15) is 41.9 Å². The van der Waals surface area contributed by atoms with Gasteiger partial charge in [0.1, 0.15) is 66.7 Å². The molecule has 6 bridgehead atoms. The molecule has 0 saturated carbocycles. The van der Waals surface area contributed by atoms with Crippen LogP contribution in [0.3, 0.4) is 0 Å². The molecule has 21 rings (SSSR count). The van der Waals surface area contributed by atoms with E-state index in [4.69, 9.17) is 188 Å². The number of rotatable bonds is 6. The minimum absolute atomic E-state index is 0.00930. The van der Waals surface area contributed by atoms with E-state index in [0.29, 0.717) is 26.1 Å². The maximum Gasteiger partial charge on any atom is 0.325 e. The number of H-pyrrole nitrogens is 3. The number of aromatic nitrogens is 22. The number of fused-ring (bicyclic) bond motifs is 15. The number of ether oxygens (including phenoxy) is 6. The van der Waals surface area contributed by atoms with Crippen molar-refractivity contribution in [3.63, 3.8) is 0 Å². The van der Waals surface area contributed by atoms with Crippen molar-refractivity contribution in [1.82, 2.24) is 108 Å². The van der Waals surface area contributed by atoms with Gasteiger partial charge in [0.15, 0.2) is 118 Å². The van der Waals surface area contributed by atoms with Crippen LogP contribution in [-0.4, -0.2) is 287 Å². The number of imidazole rings is 3. The average Bonchev–Trinajstić information content (AvgIpc) is 1.58. The highest BCUT2D eigenvalue weighted by atomic mass is 32.5. The highest BCUT2D eigenvalue weighted by Gasteiger charge is 2.67. The zero-order valence-electron chi connectivity index (χ0n) is 67.7. The third-order valence-corrected chi connectivity index (χ3v) is 31.3. The minimum Gasteiger partial charge on any atom is -0.398 e. The van der Waals surface area contributed by atoms with Gasteiger partial charge in [-0.3, -0.25) is 70.2 Å². The van der Waals surface area contributed by atoms with Crippen LogP contribution < -0.4 is 51.1 Å². The monoisotopic (exact) mass is 2160 g/mol. The molecule has 21 N–H and O–H groups in total. The molecule has 21 heterocycles. The number of nitrogens with one attached hydrogen (secondary N) is 3. The molecule has 28 atom stereocenters. The first-order valence-corrected chi connectivity index (χ1v) is 54.6. The largest absolute Gasteiger partial charge is 0.398 e. The predicted molar refractivity (Wildman–Crippen MR) is 468 cm³/mol. The van der Waals surface area contributed by atoms with E-state index in [1.54, 1.807) is 12.1 Å². The topological polar surface area (TPSA) is 739 Å². The predicted octanol–water partition coefficient (Wildman–Crippen LogP) is 1.34. The highest BCUT2D eigenvalue weighted by Crippen LogP contribution is 2.62. The summed E-state index contributed by atoms with van der Waals surface area (Å²) in [5, 5.41) is 15.5. The fraction of sp³-hybridized carbons (Fsp3) is 0.484. The first-order valence-electron chi connectivity index (χ1n) is 39.1. The molecule has 0 aromatic carbocycles. The second-order valence-corrected chi connectivity index (χ2v) is 47.5. The summed E-state index contributed by atoms with van der Waals surface area (Å²) < 4.78 is 233. The van der Waals surface area contributed by atoms with Crippen LogP contribution in [0.1, 0.15) is 37.4 Å². The standard InChI is InChI=1S/C22H24F2N8O9P2S2.2C20H21F3N10O9P2S2/c23-12-10-5-36-42(34,44)40-15-11(39-20(13(15)24)31-4-2-8-9(25)1-3-27-17(8)31)6-37-43(35,45)41-16(12)21(38-10)32-7-28-14-18(32)29-22(26)30-19(14)33;2*21-9-7-3-37-44(36,46)42-13-8(40-18(20(13,22)23)33-14-10(30-31-33)6(24)1-2-26-14)4-38-43(35,45)41-12(9)17(39-7)32-5-27-11-15(32)28-19(25)29-16(11)34/h1-4,7,10-13,15-16,20-21H,5-6H2,(H2,25,27)(H,34,44)(H,35,45)(H3,26,29,30,33);2*1-2,5,7-9,12-13,17-18H,3-4H2,(H2,24,26)(H,35,45)(H,36,46)(H3,25,28,29,34)/t10-,11-,12-,13+,15-,16-,20-,21-,42?,43?;2*7-,8-,9-,12-,13-,17-,18-,43?,44?/m111/s1. The fourth-order valence-electron chi connectivity index (χ4n) is 15.9. The number of hydrogen-bond donors (Lipinski definition) is 15. The van der Waals surface area contributed by atoms with Crippen molar-refractivity contribution in [3.8, 4) is 0 Å². The number of hydrogen-bond acceptors (Lipinski definition) is 46. The van der Waals surface area contributed by atoms with Gasteiger partial charge in [0.25, 0.3) is 16.7 Å². The van der Waals surface area contributed by atoms with E-state index in [-0.39, 0.29) is 85.0 Å². The molecule has 6 unspecified atom stereocenters. The highest BCUT2D eigenvalue weighted by molar-refractivity contribution is 8.08. The van der Waals surface area contributed by atoms with Crippen LogP contribution in [-0.2, 0) is 154 Å². The van der Waals surface area contributed by atoms with Gasteiger partial charge >= 0.3 is 52.2 Å². The van der Waals surface area contributed by atoms with E-state index in [2.05, 4.69) is 80.4 Å². The Morgan fingerprint density at radius 3 is 1.04 bits per heavy atom. The summed E-state index contributed by atoms with van der Waals surface area (Å²) in [6.45, 7) is -31.7. The van der Waals surface area contributed by atoms with Gasteiger partial charge in [0.05, 0.1) is 70.0 Å². The fourth-order valence-corrected chi connectivity index (χ4v) is 24.4. The van der Waals surface area contributed by atoms with Gasteiger partial charge in [-0.05, 0) is 95.1 Å². The van der Waals surface area contributed by atoms with E-state index in [0.717, 1.165) is 28.1 Å². The molecule has 738 valence electrons. The Labute approximate surface area is 784 Å². The number of alkyl halides is 8. The maximum atomic E-state index is 16.0. The first-order chi connectivity index (χ1) is 64.6. The van der Waals surface area contributed by atoms with Crippen LogP contribution in [0.15, 0.2) is 82.4 Å². The van der Waals surface area contributed by atoms with Crippen molar-refractivity contribution in [2.75, 3.05) is 74.0 Å². The lowest BCUT2D eigenvalue weighted by atomic mass is 10.1. The van der Waals surface area contributed by atoms with E-state index >= 15 is 35.1 Å². The van der Waals surface area contributed by atoms with Gasteiger partial charge in [-0.15, -0.1) is 10.2 Å². The second kappa shape index (κ2) is 36.5. The minimum atomic E-state index is -4.61. The van der Waals surface area contributed by atoms with E-state index < -0.39 is 244 Å². The van der Waals surface area contributed by atoms with Crippen molar-refractivity contribution in [2.45, 2.75) is 147 Å². The normalized spacial score (nSPS) is 37.0. The van der Waals surface area contributed by atoms with Crippen molar-refractivity contribution in [3.05, 3.63) is 99.1 Å². The molecule has 0 radical (unpaired) electrons. The summed E-state index contributed by atoms with van der Waals surface area (Å²) in [6.07, 6.45) is -31.0. The van der Waals surface area contributed by atoms with E-state index in [9.17, 15) is 43.7 Å². The van der Waals surface area contributed by atoms with Crippen molar-refractivity contribution in [2.24, 2.45) is 0 Å². The van der Waals surface area contributed by atoms with Crippen LogP contribution in [0.5, 0.6) is 0 Å². The third-order valence-electron chi connectivity index (χ3n) is 22.0. The molecule has 0 aliphatic carbocycles. The summed E-state index contributed by atoms with van der Waals surface area (Å²) in [6, 6.07) is 5.99. The van der Waals surface area contributed by atoms with Crippen molar-refractivity contribution >= 4 is 213 Å². The van der Waals surface area contributed by atoms with Gasteiger partial charge in [-0.1, -0.05) is 10.4 Å². The van der Waals surface area contributed by atoms with Crippen LogP contribution >= 0.6 is 40.3 Å². The molecule has 75 heteroatoms. The third kappa shape index (κ3) is 18.7. The van der Waals surface area contributed by atoms with Crippen LogP contribution in [0.25, 0.3) is 66.9 Å². The first kappa shape index (κ1) is 97.8. The zero-order valence-corrected chi connectivity index (χ0v) is 77.9. The molecule has 0 amide bonds. The molecule has 9 aliphatic heterocycles. The Bertz CT molecular complexity index is 7000. The van der Waals surface area contributed by atoms with Crippen LogP contribution in [0.2, 0.25) is 0 Å². The van der Waals surface area contributed by atoms with Gasteiger partial charge < -0.3 is 124 Å². The Hall–Kier alpha value is -7.98. The Morgan fingerprint density at radius 1 is 0.365 bits per heavy atom. The lowest BCUT2D eigenvalue weighted by molar-refractivity contribution is -0.140. The van der Waals surface area contributed by atoms with Crippen LogP contribution in [0, 0.1) is 0 Å². The number of aromatic amines is 3. The molecule has 0 spiro atoms. The molecular formula is C62H66F8N28O27P6S6. The molecule has 12 aromatic rings. The quantitative estimate of drug-likeness (QED) is 0.0825. The zero-order chi connectivity index (χ0) is 97.4. The molecule has 55 nitrogen and oxygen atoms in total. The van der Waals surface area contributed by atoms with E-state index in [1.165, 1.54) is 46.1 Å². The summed E-state index contributed by atoms with van der Waals surface area (Å²) in [5.74, 6) is -8.87. The lowest BCUT2D eigenvalue weighted by Crippen LogP contribution is -2.41. The lowest BCUT2D eigenvalue weighted by Gasteiger charge is -2.28. The average molecular weight is 2170 g/mol. The summed E-state index contributed by atoms with van der Waals surface area (Å²) in [4.78, 5) is 145.